The van der Waals surface area contributed by atoms with Crippen LogP contribution in [0.3, 0.4) is 0 Å². The Morgan fingerprint density at radius 2 is 2.18 bits per heavy atom. The Morgan fingerprint density at radius 1 is 1.53 bits per heavy atom. The third-order valence-electron chi connectivity index (χ3n) is 2.65. The molecule has 0 amide bonds. The first-order valence-corrected chi connectivity index (χ1v) is 8.52. The zero-order valence-corrected chi connectivity index (χ0v) is 11.3. The van der Waals surface area contributed by atoms with Crippen LogP contribution >= 0.6 is 0 Å². The molecule has 0 heterocycles. The molecule has 0 bridgehead atoms. The van der Waals surface area contributed by atoms with Crippen LogP contribution in [0.2, 0.25) is 18.6 Å². The maximum atomic E-state index is 10.8. The molecule has 0 aliphatic heterocycles. The van der Waals surface area contributed by atoms with Gasteiger partial charge < -0.3 is 4.74 Å². The Labute approximate surface area is 103 Å². The second kappa shape index (κ2) is 6.20. The first-order chi connectivity index (χ1) is 8.06. The van der Waals surface area contributed by atoms with Gasteiger partial charge in [0, 0.05) is 20.4 Å². The number of nitrogens with zero attached hydrogens (tertiary/aromatic N) is 1. The van der Waals surface area contributed by atoms with Gasteiger partial charge in [0.2, 0.25) is 0 Å². The summed E-state index contributed by atoms with van der Waals surface area (Å²) in [6.07, 6.45) is 1.88. The summed E-state index contributed by atoms with van der Waals surface area (Å²) < 4.78 is 5.53. The van der Waals surface area contributed by atoms with Gasteiger partial charge in [-0.2, -0.15) is 0 Å². The molecule has 0 N–H and O–H groups in total. The molecule has 1 rings (SSSR count). The normalized spacial score (nSPS) is 12.2. The summed E-state index contributed by atoms with van der Waals surface area (Å²) in [4.78, 5) is 10.4. The van der Waals surface area contributed by atoms with Gasteiger partial charge in [0.25, 0.3) is 0 Å². The van der Waals surface area contributed by atoms with Crippen LogP contribution in [0.5, 0.6) is 5.75 Å². The van der Waals surface area contributed by atoms with Crippen molar-refractivity contribution in [3.05, 3.63) is 47.0 Å². The van der Waals surface area contributed by atoms with E-state index in [2.05, 4.69) is 19.7 Å². The maximum Gasteiger partial charge on any atom is 0.310 e. The zero-order valence-electron chi connectivity index (χ0n) is 10.1. The lowest BCUT2D eigenvalue weighted by Gasteiger charge is -2.16. The van der Waals surface area contributed by atoms with Crippen LogP contribution in [0.15, 0.2) is 36.9 Å². The number of benzene rings is 1. The van der Waals surface area contributed by atoms with E-state index in [-0.39, 0.29) is 5.69 Å². The number of nitro benzene ring substituents is 1. The number of ether oxygens (including phenoxy) is 1. The molecule has 4 nitrogen and oxygen atoms in total. The Morgan fingerprint density at radius 3 is 2.71 bits per heavy atom. The third kappa shape index (κ3) is 3.71. The first-order valence-electron chi connectivity index (χ1n) is 5.55. The quantitative estimate of drug-likeness (QED) is 0.338. The SMILES string of the molecule is C=CC(COc1ccccc1[N+](=O)[O-])[SiH](C)C. The van der Waals surface area contributed by atoms with Crippen molar-refractivity contribution in [3.8, 4) is 5.75 Å². The summed E-state index contributed by atoms with van der Waals surface area (Å²) in [7, 11) is -0.880. The predicted molar refractivity (Wildman–Crippen MR) is 71.4 cm³/mol. The molecule has 0 saturated heterocycles. The fraction of sp³-hybridized carbons (Fsp3) is 0.333. The van der Waals surface area contributed by atoms with E-state index in [1.165, 1.54) is 6.07 Å². The highest BCUT2D eigenvalue weighted by Crippen LogP contribution is 2.27. The van der Waals surface area contributed by atoms with Crippen LogP contribution in [0.4, 0.5) is 5.69 Å². The molecule has 0 aliphatic carbocycles. The van der Waals surface area contributed by atoms with E-state index in [1.807, 2.05) is 6.08 Å². The average Bonchev–Trinajstić information content (AvgIpc) is 2.29. The molecular formula is C12H17NO3Si. The van der Waals surface area contributed by atoms with Crippen molar-refractivity contribution in [1.29, 1.82) is 0 Å². The molecule has 92 valence electrons. The van der Waals surface area contributed by atoms with Crippen LogP contribution < -0.4 is 4.74 Å². The van der Waals surface area contributed by atoms with E-state index in [1.54, 1.807) is 18.2 Å². The second-order valence-corrected chi connectivity index (χ2v) is 7.52. The first kappa shape index (κ1) is 13.4. The van der Waals surface area contributed by atoms with Crippen LogP contribution in [0.1, 0.15) is 0 Å². The summed E-state index contributed by atoms with van der Waals surface area (Å²) >= 11 is 0. The van der Waals surface area contributed by atoms with Gasteiger partial charge in [-0.1, -0.05) is 31.3 Å². The third-order valence-corrected chi connectivity index (χ3v) is 4.83. The van der Waals surface area contributed by atoms with Gasteiger partial charge in [-0.05, 0) is 6.07 Å². The highest BCUT2D eigenvalue weighted by Gasteiger charge is 2.16. The number of para-hydroxylation sites is 2. The molecule has 1 aromatic carbocycles. The standard InChI is InChI=1S/C12H17NO3Si/c1-4-10(17(2)3)9-16-12-8-6-5-7-11(12)13(14)15/h4-8,10,17H,1,9H2,2-3H3. The minimum absolute atomic E-state index is 0.0146. The Balaban J connectivity index is 2.75. The van der Waals surface area contributed by atoms with Crippen LogP contribution in [-0.4, -0.2) is 20.3 Å². The van der Waals surface area contributed by atoms with Crippen molar-refractivity contribution in [2.24, 2.45) is 0 Å². The molecule has 0 fully saturated rings. The lowest BCUT2D eigenvalue weighted by atomic mass is 10.3. The van der Waals surface area contributed by atoms with E-state index >= 15 is 0 Å². The van der Waals surface area contributed by atoms with E-state index in [9.17, 15) is 10.1 Å². The van der Waals surface area contributed by atoms with Gasteiger partial charge in [0.05, 0.1) is 11.5 Å². The van der Waals surface area contributed by atoms with Crippen molar-refractivity contribution < 1.29 is 9.66 Å². The van der Waals surface area contributed by atoms with Crippen molar-refractivity contribution in [3.63, 3.8) is 0 Å². The maximum absolute atomic E-state index is 10.8. The van der Waals surface area contributed by atoms with Gasteiger partial charge in [0.15, 0.2) is 5.75 Å². The molecule has 5 heteroatoms. The molecule has 0 aliphatic rings. The van der Waals surface area contributed by atoms with Crippen molar-refractivity contribution in [1.82, 2.24) is 0 Å². The van der Waals surface area contributed by atoms with Crippen molar-refractivity contribution in [2.45, 2.75) is 18.6 Å². The lowest BCUT2D eigenvalue weighted by Crippen LogP contribution is -2.17. The molecule has 0 saturated carbocycles. The summed E-state index contributed by atoms with van der Waals surface area (Å²) in [5.41, 5.74) is 0.343. The molecule has 1 atom stereocenters. The lowest BCUT2D eigenvalue weighted by molar-refractivity contribution is -0.385. The van der Waals surface area contributed by atoms with E-state index in [4.69, 9.17) is 4.74 Å². The smallest absolute Gasteiger partial charge is 0.310 e. The summed E-state index contributed by atoms with van der Waals surface area (Å²) in [5.74, 6) is 0.332. The number of hydrogen-bond donors (Lipinski definition) is 0. The van der Waals surface area contributed by atoms with Crippen LogP contribution in [0, 0.1) is 10.1 Å². The number of hydrogen-bond acceptors (Lipinski definition) is 3. The van der Waals surface area contributed by atoms with Crippen molar-refractivity contribution >= 4 is 14.5 Å². The Bertz CT molecular complexity index is 406. The fourth-order valence-electron chi connectivity index (χ4n) is 1.45. The van der Waals surface area contributed by atoms with Gasteiger partial charge >= 0.3 is 5.69 Å². The highest BCUT2D eigenvalue weighted by molar-refractivity contribution is 6.58. The molecule has 0 aromatic heterocycles. The monoisotopic (exact) mass is 251 g/mol. The second-order valence-electron chi connectivity index (χ2n) is 4.18. The predicted octanol–water partition coefficient (Wildman–Crippen LogP) is 3.02. The minimum atomic E-state index is -0.880. The van der Waals surface area contributed by atoms with Crippen LogP contribution in [-0.2, 0) is 0 Å². The fourth-order valence-corrected chi connectivity index (χ4v) is 2.47. The molecule has 17 heavy (non-hydrogen) atoms. The van der Waals surface area contributed by atoms with Crippen molar-refractivity contribution in [2.75, 3.05) is 6.61 Å². The number of nitro groups is 1. The Hall–Kier alpha value is -1.62. The van der Waals surface area contributed by atoms with E-state index in [0.717, 1.165) is 0 Å². The average molecular weight is 251 g/mol. The Kier molecular flexibility index (Phi) is 4.90. The summed E-state index contributed by atoms with van der Waals surface area (Å²) in [5, 5.41) is 10.8. The summed E-state index contributed by atoms with van der Waals surface area (Å²) in [6.45, 7) is 8.65. The van der Waals surface area contributed by atoms with Gasteiger partial charge in [-0.3, -0.25) is 10.1 Å². The topological polar surface area (TPSA) is 52.4 Å². The molecule has 0 radical (unpaired) electrons. The molecule has 1 aromatic rings. The van der Waals surface area contributed by atoms with E-state index < -0.39 is 13.7 Å². The molecule has 0 spiro atoms. The van der Waals surface area contributed by atoms with Gasteiger partial charge in [0.1, 0.15) is 0 Å². The molecule has 1 unspecified atom stereocenters. The summed E-state index contributed by atoms with van der Waals surface area (Å²) in [6, 6.07) is 6.44. The highest BCUT2D eigenvalue weighted by atomic mass is 28.3. The van der Waals surface area contributed by atoms with E-state index in [0.29, 0.717) is 17.9 Å². The van der Waals surface area contributed by atoms with Crippen LogP contribution in [0.25, 0.3) is 0 Å². The number of rotatable bonds is 6. The zero-order chi connectivity index (χ0) is 12.8. The minimum Gasteiger partial charge on any atom is -0.487 e. The van der Waals surface area contributed by atoms with Gasteiger partial charge in [-0.25, -0.2) is 0 Å². The van der Waals surface area contributed by atoms with Gasteiger partial charge in [-0.15, -0.1) is 6.58 Å². The largest absolute Gasteiger partial charge is 0.487 e. The molecular weight excluding hydrogens is 234 g/mol.